The first-order valence-electron chi connectivity index (χ1n) is 7.75. The molecule has 0 bridgehead atoms. The molecular formula is C18H25NO. The standard InChI is InChI=1S/C18H25NO/c1-14-8-9-16(15(2)12-14)17(20)18(13-19)10-6-4-3-5-7-11-18/h8-9,12,17,20H,3-7,10-11H2,1-2H3. The van der Waals surface area contributed by atoms with Crippen LogP contribution in [-0.2, 0) is 0 Å². The summed E-state index contributed by atoms with van der Waals surface area (Å²) in [6, 6.07) is 8.59. The number of aliphatic hydroxyl groups is 1. The van der Waals surface area contributed by atoms with Crippen LogP contribution in [0.5, 0.6) is 0 Å². The Kier molecular flexibility index (Phi) is 4.83. The predicted octanol–water partition coefficient (Wildman–Crippen LogP) is 4.59. The zero-order chi connectivity index (χ0) is 14.6. The van der Waals surface area contributed by atoms with E-state index >= 15 is 0 Å². The number of hydrogen-bond acceptors (Lipinski definition) is 2. The predicted molar refractivity (Wildman–Crippen MR) is 81.2 cm³/mol. The number of rotatable bonds is 2. The van der Waals surface area contributed by atoms with Crippen molar-refractivity contribution in [3.8, 4) is 6.07 Å². The van der Waals surface area contributed by atoms with Crippen LogP contribution in [0.15, 0.2) is 18.2 Å². The first kappa shape index (κ1) is 15.1. The van der Waals surface area contributed by atoms with Crippen LogP contribution < -0.4 is 0 Å². The lowest BCUT2D eigenvalue weighted by molar-refractivity contribution is 0.0430. The molecule has 1 aromatic carbocycles. The number of nitrogens with zero attached hydrogens (tertiary/aromatic N) is 1. The van der Waals surface area contributed by atoms with Crippen molar-refractivity contribution in [1.29, 1.82) is 5.26 Å². The summed E-state index contributed by atoms with van der Waals surface area (Å²) in [6.07, 6.45) is 6.71. The van der Waals surface area contributed by atoms with Gasteiger partial charge in [-0.05, 0) is 37.8 Å². The summed E-state index contributed by atoms with van der Waals surface area (Å²) in [7, 11) is 0. The first-order chi connectivity index (χ1) is 9.59. The highest BCUT2D eigenvalue weighted by molar-refractivity contribution is 5.34. The second-order valence-electron chi connectivity index (χ2n) is 6.30. The fourth-order valence-corrected chi connectivity index (χ4v) is 3.41. The largest absolute Gasteiger partial charge is 0.387 e. The zero-order valence-corrected chi connectivity index (χ0v) is 12.7. The van der Waals surface area contributed by atoms with Gasteiger partial charge in [0.1, 0.15) is 0 Å². The fourth-order valence-electron chi connectivity index (χ4n) is 3.41. The zero-order valence-electron chi connectivity index (χ0n) is 12.7. The van der Waals surface area contributed by atoms with Crippen molar-refractivity contribution in [3.63, 3.8) is 0 Å². The average Bonchev–Trinajstić information content (AvgIpc) is 2.38. The van der Waals surface area contributed by atoms with Gasteiger partial charge in [-0.25, -0.2) is 0 Å². The molecule has 2 heteroatoms. The van der Waals surface area contributed by atoms with E-state index in [-0.39, 0.29) is 0 Å². The van der Waals surface area contributed by atoms with Crippen LogP contribution in [0.1, 0.15) is 67.7 Å². The molecule has 1 aliphatic rings. The molecule has 0 saturated heterocycles. The molecule has 0 aromatic heterocycles. The summed E-state index contributed by atoms with van der Waals surface area (Å²) >= 11 is 0. The van der Waals surface area contributed by atoms with Gasteiger partial charge in [0, 0.05) is 0 Å². The number of aliphatic hydroxyl groups excluding tert-OH is 1. The van der Waals surface area contributed by atoms with Gasteiger partial charge in [0.25, 0.3) is 0 Å². The molecule has 20 heavy (non-hydrogen) atoms. The Hall–Kier alpha value is -1.33. The van der Waals surface area contributed by atoms with Gasteiger partial charge >= 0.3 is 0 Å². The third-order valence-electron chi connectivity index (χ3n) is 4.71. The van der Waals surface area contributed by atoms with Gasteiger partial charge in [-0.2, -0.15) is 5.26 Å². The summed E-state index contributed by atoms with van der Waals surface area (Å²) < 4.78 is 0. The fraction of sp³-hybridized carbons (Fsp3) is 0.611. The second-order valence-corrected chi connectivity index (χ2v) is 6.30. The lowest BCUT2D eigenvalue weighted by Gasteiger charge is -2.34. The molecule has 2 rings (SSSR count). The van der Waals surface area contributed by atoms with Crippen LogP contribution in [0.4, 0.5) is 0 Å². The van der Waals surface area contributed by atoms with Crippen molar-refractivity contribution in [2.24, 2.45) is 5.41 Å². The van der Waals surface area contributed by atoms with E-state index in [2.05, 4.69) is 19.1 Å². The molecule has 1 aliphatic carbocycles. The minimum Gasteiger partial charge on any atom is -0.387 e. The van der Waals surface area contributed by atoms with E-state index in [1.807, 2.05) is 19.1 Å². The molecule has 0 heterocycles. The van der Waals surface area contributed by atoms with Crippen LogP contribution in [-0.4, -0.2) is 5.11 Å². The smallest absolute Gasteiger partial charge is 0.0978 e. The maximum atomic E-state index is 10.9. The molecule has 0 aliphatic heterocycles. The molecule has 0 spiro atoms. The Labute approximate surface area is 122 Å². The van der Waals surface area contributed by atoms with E-state index in [1.165, 1.54) is 24.8 Å². The number of benzene rings is 1. The summed E-state index contributed by atoms with van der Waals surface area (Å²) in [5.74, 6) is 0. The van der Waals surface area contributed by atoms with E-state index in [4.69, 9.17) is 0 Å². The van der Waals surface area contributed by atoms with Gasteiger partial charge in [0.05, 0.1) is 17.6 Å². The Morgan fingerprint density at radius 1 is 1.10 bits per heavy atom. The van der Waals surface area contributed by atoms with Crippen molar-refractivity contribution in [2.45, 2.75) is 64.9 Å². The van der Waals surface area contributed by atoms with Crippen LogP contribution in [0.25, 0.3) is 0 Å². The van der Waals surface area contributed by atoms with Crippen molar-refractivity contribution < 1.29 is 5.11 Å². The normalized spacial score (nSPS) is 20.5. The van der Waals surface area contributed by atoms with Crippen molar-refractivity contribution in [1.82, 2.24) is 0 Å². The van der Waals surface area contributed by atoms with Crippen molar-refractivity contribution in [3.05, 3.63) is 34.9 Å². The summed E-state index contributed by atoms with van der Waals surface area (Å²) in [5.41, 5.74) is 2.62. The molecule has 1 N–H and O–H groups in total. The summed E-state index contributed by atoms with van der Waals surface area (Å²) in [6.45, 7) is 4.08. The third kappa shape index (κ3) is 3.04. The van der Waals surface area contributed by atoms with Crippen LogP contribution in [0, 0.1) is 30.6 Å². The Balaban J connectivity index is 2.31. The van der Waals surface area contributed by atoms with E-state index in [9.17, 15) is 10.4 Å². The maximum absolute atomic E-state index is 10.9. The van der Waals surface area contributed by atoms with Crippen LogP contribution in [0.2, 0.25) is 0 Å². The van der Waals surface area contributed by atoms with Crippen molar-refractivity contribution >= 4 is 0 Å². The molecule has 1 fully saturated rings. The van der Waals surface area contributed by atoms with Crippen LogP contribution >= 0.6 is 0 Å². The summed E-state index contributed by atoms with van der Waals surface area (Å²) in [4.78, 5) is 0. The van der Waals surface area contributed by atoms with Gasteiger partial charge in [-0.15, -0.1) is 0 Å². The highest BCUT2D eigenvalue weighted by Crippen LogP contribution is 2.44. The monoisotopic (exact) mass is 271 g/mol. The van der Waals surface area contributed by atoms with Gasteiger partial charge in [-0.3, -0.25) is 0 Å². The Bertz CT molecular complexity index is 493. The topological polar surface area (TPSA) is 44.0 Å². The third-order valence-corrected chi connectivity index (χ3v) is 4.71. The van der Waals surface area contributed by atoms with E-state index in [1.54, 1.807) is 0 Å². The SMILES string of the molecule is Cc1ccc(C(O)C2(C#N)CCCCCCC2)c(C)c1. The van der Waals surface area contributed by atoms with E-state index in [0.29, 0.717) is 0 Å². The number of hydrogen-bond donors (Lipinski definition) is 1. The van der Waals surface area contributed by atoms with Crippen LogP contribution in [0.3, 0.4) is 0 Å². The molecule has 1 aromatic rings. The lowest BCUT2D eigenvalue weighted by Crippen LogP contribution is -2.29. The molecule has 1 atom stereocenters. The molecule has 108 valence electrons. The quantitative estimate of drug-likeness (QED) is 0.855. The Morgan fingerprint density at radius 3 is 2.25 bits per heavy atom. The lowest BCUT2D eigenvalue weighted by atomic mass is 9.70. The molecular weight excluding hydrogens is 246 g/mol. The number of nitriles is 1. The summed E-state index contributed by atoms with van der Waals surface area (Å²) in [5, 5.41) is 20.6. The molecule has 0 amide bonds. The first-order valence-corrected chi connectivity index (χ1v) is 7.75. The van der Waals surface area contributed by atoms with Gasteiger partial charge in [0.15, 0.2) is 0 Å². The minimum atomic E-state index is -0.661. The van der Waals surface area contributed by atoms with E-state index in [0.717, 1.165) is 36.8 Å². The Morgan fingerprint density at radius 2 is 1.70 bits per heavy atom. The average molecular weight is 271 g/mol. The number of aryl methyl sites for hydroxylation is 2. The minimum absolute atomic E-state index is 0.597. The maximum Gasteiger partial charge on any atom is 0.0978 e. The van der Waals surface area contributed by atoms with Crippen molar-refractivity contribution in [2.75, 3.05) is 0 Å². The highest BCUT2D eigenvalue weighted by atomic mass is 16.3. The van der Waals surface area contributed by atoms with Gasteiger partial charge in [-0.1, -0.05) is 55.9 Å². The molecule has 0 radical (unpaired) electrons. The van der Waals surface area contributed by atoms with E-state index < -0.39 is 11.5 Å². The second kappa shape index (κ2) is 6.41. The molecule has 1 unspecified atom stereocenters. The van der Waals surface area contributed by atoms with Gasteiger partial charge in [0.2, 0.25) is 0 Å². The molecule has 1 saturated carbocycles. The molecule has 2 nitrogen and oxygen atoms in total. The van der Waals surface area contributed by atoms with Gasteiger partial charge < -0.3 is 5.11 Å². The highest BCUT2D eigenvalue weighted by Gasteiger charge is 2.39.